The van der Waals surface area contributed by atoms with E-state index >= 15 is 0 Å². The number of carbonyl (C=O) groups excluding carboxylic acids is 2. The zero-order valence-corrected chi connectivity index (χ0v) is 29.3. The highest BCUT2D eigenvalue weighted by atomic mass is 79.9. The van der Waals surface area contributed by atoms with Crippen LogP contribution in [0.15, 0.2) is 0 Å². The van der Waals surface area contributed by atoms with Gasteiger partial charge in [0, 0.05) is 12.8 Å². The highest BCUT2D eigenvalue weighted by molar-refractivity contribution is 9.11. The first-order valence-corrected chi connectivity index (χ1v) is 19.9. The zero-order chi connectivity index (χ0) is 30.6. The van der Waals surface area contributed by atoms with Crippen LogP contribution in [-0.4, -0.2) is 27.0 Å². The second kappa shape index (κ2) is 28.7. The van der Waals surface area contributed by atoms with Gasteiger partial charge >= 0.3 is 7.60 Å². The average Bonchev–Trinajstić information content (AvgIpc) is 2.93. The van der Waals surface area contributed by atoms with Gasteiger partial charge in [0.25, 0.3) is 0 Å². The summed E-state index contributed by atoms with van der Waals surface area (Å²) in [5.74, 6) is -0.868. The van der Waals surface area contributed by atoms with Gasteiger partial charge in [-0.2, -0.15) is 0 Å². The number of unbranched alkanes of at least 4 members (excludes halogenated alkanes) is 24. The Morgan fingerprint density at radius 1 is 0.512 bits per heavy atom. The summed E-state index contributed by atoms with van der Waals surface area (Å²) >= 11 is 3.12. The van der Waals surface area contributed by atoms with Gasteiger partial charge in [-0.3, -0.25) is 14.2 Å². The third-order valence-corrected chi connectivity index (χ3v) is 10.7. The van der Waals surface area contributed by atoms with Crippen LogP contribution in [0.5, 0.6) is 0 Å². The Morgan fingerprint density at radius 3 is 1.07 bits per heavy atom. The fourth-order valence-electron chi connectivity index (χ4n) is 5.51. The summed E-state index contributed by atoms with van der Waals surface area (Å²) in [6, 6.07) is 0. The van der Waals surface area contributed by atoms with Gasteiger partial charge < -0.3 is 9.79 Å². The lowest BCUT2D eigenvalue weighted by Crippen LogP contribution is -2.30. The summed E-state index contributed by atoms with van der Waals surface area (Å²) < 4.78 is 12.1. The van der Waals surface area contributed by atoms with Crippen LogP contribution in [0.3, 0.4) is 0 Å². The van der Waals surface area contributed by atoms with Gasteiger partial charge in [0.2, 0.25) is 0 Å². The van der Waals surface area contributed by atoms with Gasteiger partial charge in [0.15, 0.2) is 5.78 Å². The molecular formula is C34H65BrO5P. The molecule has 0 bridgehead atoms. The van der Waals surface area contributed by atoms with E-state index in [9.17, 15) is 23.9 Å². The molecule has 243 valence electrons. The minimum atomic E-state index is -4.75. The quantitative estimate of drug-likeness (QED) is 0.0551. The van der Waals surface area contributed by atoms with Crippen LogP contribution in [0.4, 0.5) is 0 Å². The molecule has 41 heavy (non-hydrogen) atoms. The van der Waals surface area contributed by atoms with Crippen LogP contribution >= 0.6 is 23.5 Å². The normalized spacial score (nSPS) is 12.7. The molecule has 0 fully saturated rings. The maximum Gasteiger partial charge on any atom is 0.337 e. The first kappa shape index (κ1) is 41.0. The molecule has 0 rings (SSSR count). The van der Waals surface area contributed by atoms with E-state index in [0.29, 0.717) is 12.8 Å². The molecule has 0 saturated carbocycles. The lowest BCUT2D eigenvalue weighted by molar-refractivity contribution is -0.121. The Morgan fingerprint density at radius 2 is 0.780 bits per heavy atom. The number of hydrogen-bond acceptors (Lipinski definition) is 3. The molecule has 2 N–H and O–H groups in total. The van der Waals surface area contributed by atoms with E-state index < -0.39 is 19.0 Å². The van der Waals surface area contributed by atoms with E-state index in [1.807, 2.05) is 0 Å². The standard InChI is InChI=1S/C34H65BrO5P/c1-3-5-7-9-11-13-15-17-19-21-23-25-27-29-31(36)33(35)34(41(38,39)40)32(37)30-28-26-24-22-20-18-16-14-12-10-8-6-4-2/h34H,3-30H2,1-2H3,(H2,38,39,40). The van der Waals surface area contributed by atoms with E-state index in [1.54, 1.807) is 0 Å². The molecule has 7 heteroatoms. The van der Waals surface area contributed by atoms with Gasteiger partial charge in [-0.15, -0.1) is 0 Å². The second-order valence-electron chi connectivity index (χ2n) is 12.2. The van der Waals surface area contributed by atoms with Gasteiger partial charge in [0.05, 0.1) is 0 Å². The molecular weight excluding hydrogens is 599 g/mol. The molecule has 1 atom stereocenters. The smallest absolute Gasteiger partial charge is 0.324 e. The summed E-state index contributed by atoms with van der Waals surface area (Å²) in [4.78, 5) is 44.9. The van der Waals surface area contributed by atoms with E-state index in [0.717, 1.165) is 38.5 Å². The molecule has 0 heterocycles. The zero-order valence-electron chi connectivity index (χ0n) is 26.8. The molecule has 1 unspecified atom stereocenters. The third-order valence-electron chi connectivity index (χ3n) is 8.18. The molecule has 0 aliphatic heterocycles. The highest BCUT2D eigenvalue weighted by Gasteiger charge is 2.43. The number of carbonyl (C=O) groups is 2. The van der Waals surface area contributed by atoms with Crippen molar-refractivity contribution in [1.82, 2.24) is 0 Å². The van der Waals surface area contributed by atoms with Gasteiger partial charge in [-0.1, -0.05) is 184 Å². The molecule has 0 amide bonds. The van der Waals surface area contributed by atoms with E-state index in [2.05, 4.69) is 29.8 Å². The molecule has 5 nitrogen and oxygen atoms in total. The van der Waals surface area contributed by atoms with Crippen molar-refractivity contribution in [2.24, 2.45) is 0 Å². The van der Waals surface area contributed by atoms with Crippen LogP contribution in [0.1, 0.15) is 194 Å². The van der Waals surface area contributed by atoms with Crippen LogP contribution in [0, 0.1) is 4.83 Å². The molecule has 0 aliphatic rings. The molecule has 0 aromatic carbocycles. The monoisotopic (exact) mass is 663 g/mol. The Balaban J connectivity index is 3.99. The van der Waals surface area contributed by atoms with Gasteiger partial charge in [-0.25, -0.2) is 0 Å². The minimum absolute atomic E-state index is 0.106. The average molecular weight is 665 g/mol. The van der Waals surface area contributed by atoms with E-state index in [1.165, 1.54) is 116 Å². The topological polar surface area (TPSA) is 91.7 Å². The van der Waals surface area contributed by atoms with E-state index in [-0.39, 0.29) is 23.5 Å². The lowest BCUT2D eigenvalue weighted by Gasteiger charge is -2.21. The van der Waals surface area contributed by atoms with Gasteiger partial charge in [-0.05, 0) is 12.8 Å². The highest BCUT2D eigenvalue weighted by Crippen LogP contribution is 2.49. The van der Waals surface area contributed by atoms with Crippen molar-refractivity contribution in [1.29, 1.82) is 0 Å². The Bertz CT molecular complexity index is 666. The number of ketones is 2. The predicted molar refractivity (Wildman–Crippen MR) is 179 cm³/mol. The van der Waals surface area contributed by atoms with Crippen LogP contribution in [-0.2, 0) is 14.2 Å². The lowest BCUT2D eigenvalue weighted by atomic mass is 10.0. The van der Waals surface area contributed by atoms with Crippen molar-refractivity contribution in [3.05, 3.63) is 4.83 Å². The largest absolute Gasteiger partial charge is 0.337 e. The number of Topliss-reactive ketones (excluding diaryl/α,β-unsaturated/α-hetero) is 2. The van der Waals surface area contributed by atoms with Crippen LogP contribution in [0.2, 0.25) is 0 Å². The van der Waals surface area contributed by atoms with Crippen molar-refractivity contribution in [3.8, 4) is 0 Å². The van der Waals surface area contributed by atoms with Crippen molar-refractivity contribution in [2.75, 3.05) is 0 Å². The molecule has 0 saturated heterocycles. The SMILES string of the molecule is CCCCCCCCCCCCCCCC(=O)[C](Br)C(C(=O)CCCCCCCCCCCCCCC)P(=O)(O)O. The Labute approximate surface area is 262 Å². The Kier molecular flexibility index (Phi) is 28.7. The molecule has 1 radical (unpaired) electrons. The fraction of sp³-hybridized carbons (Fsp3) is 0.912. The minimum Gasteiger partial charge on any atom is -0.324 e. The summed E-state index contributed by atoms with van der Waals surface area (Å²) in [5, 5.41) is 0. The second-order valence-corrected chi connectivity index (χ2v) is 14.8. The number of rotatable bonds is 32. The summed E-state index contributed by atoms with van der Waals surface area (Å²) in [6.07, 6.45) is 31.5. The third kappa shape index (κ3) is 25.0. The van der Waals surface area contributed by atoms with Crippen LogP contribution < -0.4 is 0 Å². The summed E-state index contributed by atoms with van der Waals surface area (Å²) in [6.45, 7) is 4.49. The van der Waals surface area contributed by atoms with Gasteiger partial charge in [0.1, 0.15) is 16.3 Å². The van der Waals surface area contributed by atoms with Crippen molar-refractivity contribution in [3.63, 3.8) is 0 Å². The fourth-order valence-corrected chi connectivity index (χ4v) is 7.70. The Hall–Kier alpha value is -0.0300. The first-order valence-electron chi connectivity index (χ1n) is 17.4. The van der Waals surface area contributed by atoms with Crippen molar-refractivity contribution < 1.29 is 23.9 Å². The number of hydrogen-bond donors (Lipinski definition) is 2. The maximum absolute atomic E-state index is 12.7. The predicted octanol–water partition coefficient (Wildman–Crippen LogP) is 11.6. The first-order chi connectivity index (χ1) is 19.8. The molecule has 0 spiro atoms. The van der Waals surface area contributed by atoms with Crippen molar-refractivity contribution >= 4 is 35.1 Å². The number of halogens is 1. The summed E-state index contributed by atoms with van der Waals surface area (Å²) in [5.41, 5.74) is -1.64. The van der Waals surface area contributed by atoms with E-state index in [4.69, 9.17) is 0 Å². The summed E-state index contributed by atoms with van der Waals surface area (Å²) in [7, 11) is -4.75. The maximum atomic E-state index is 12.7. The van der Waals surface area contributed by atoms with Crippen LogP contribution in [0.25, 0.3) is 0 Å². The molecule has 0 aromatic heterocycles. The molecule has 0 aliphatic carbocycles. The van der Waals surface area contributed by atoms with Crippen molar-refractivity contribution in [2.45, 2.75) is 199 Å². The molecule has 0 aromatic rings.